The van der Waals surface area contributed by atoms with E-state index in [1.165, 1.54) is 46.3 Å². The second-order valence-electron chi connectivity index (χ2n) is 11.6. The number of pyridine rings is 1. The first kappa shape index (κ1) is 28.5. The molecule has 0 atom stereocenters. The third kappa shape index (κ3) is 4.96. The number of fused-ring (bicyclic) bond motifs is 3. The Bertz CT molecular complexity index is 2200. The Labute approximate surface area is 262 Å². The molecule has 6 heteroatoms. The van der Waals surface area contributed by atoms with Crippen LogP contribution in [0.4, 0.5) is 4.39 Å². The fourth-order valence-corrected chi connectivity index (χ4v) is 6.61. The standard InChI is InChI=1S/C39H35FN4O/c1-6-33-39(38-25(4)11-10-12-26(38)5)34(7-2)44(42-33)28-19-24(3)20-30(22-28)45-29-15-16-32-31-13-8-9-14-35(31)43(36(32)23-29)37-21-27(40)17-18-41-37/h8-23H,6-7H2,1-5H3. The lowest BCUT2D eigenvalue weighted by molar-refractivity contribution is 0.482. The van der Waals surface area contributed by atoms with Crippen molar-refractivity contribution in [2.24, 2.45) is 0 Å². The maximum Gasteiger partial charge on any atom is 0.140 e. The van der Waals surface area contributed by atoms with Gasteiger partial charge in [0, 0.05) is 40.7 Å². The van der Waals surface area contributed by atoms with Crippen LogP contribution in [0.5, 0.6) is 11.5 Å². The van der Waals surface area contributed by atoms with Gasteiger partial charge in [0.25, 0.3) is 0 Å². The normalized spacial score (nSPS) is 11.5. The van der Waals surface area contributed by atoms with Crippen molar-refractivity contribution in [3.8, 4) is 34.1 Å². The van der Waals surface area contributed by atoms with Gasteiger partial charge in [0.05, 0.1) is 28.1 Å². The molecule has 0 spiro atoms. The van der Waals surface area contributed by atoms with Gasteiger partial charge in [-0.2, -0.15) is 5.10 Å². The number of hydrogen-bond acceptors (Lipinski definition) is 3. The van der Waals surface area contributed by atoms with Gasteiger partial charge in [0.15, 0.2) is 0 Å². The molecule has 4 aromatic carbocycles. The topological polar surface area (TPSA) is 44.9 Å². The van der Waals surface area contributed by atoms with E-state index < -0.39 is 0 Å². The summed E-state index contributed by atoms with van der Waals surface area (Å²) < 4.78 is 24.9. The number of nitrogens with zero attached hydrogens (tertiary/aromatic N) is 4. The third-order valence-electron chi connectivity index (χ3n) is 8.55. The van der Waals surface area contributed by atoms with Crippen LogP contribution in [0.25, 0.3) is 44.4 Å². The van der Waals surface area contributed by atoms with Crippen LogP contribution in [0.2, 0.25) is 0 Å². The Kier molecular flexibility index (Phi) is 7.20. The highest BCUT2D eigenvalue weighted by atomic mass is 19.1. The van der Waals surface area contributed by atoms with Crippen molar-refractivity contribution < 1.29 is 9.13 Å². The summed E-state index contributed by atoms with van der Waals surface area (Å²) in [5, 5.41) is 7.27. The number of benzene rings is 4. The molecule has 0 radical (unpaired) electrons. The van der Waals surface area contributed by atoms with Crippen LogP contribution in [-0.2, 0) is 12.8 Å². The summed E-state index contributed by atoms with van der Waals surface area (Å²) in [6.07, 6.45) is 3.18. The molecule has 0 saturated heterocycles. The minimum Gasteiger partial charge on any atom is -0.457 e. The van der Waals surface area contributed by atoms with Gasteiger partial charge in [-0.15, -0.1) is 0 Å². The van der Waals surface area contributed by atoms with Crippen LogP contribution >= 0.6 is 0 Å². The molecule has 0 fully saturated rings. The third-order valence-corrected chi connectivity index (χ3v) is 8.55. The van der Waals surface area contributed by atoms with E-state index in [9.17, 15) is 4.39 Å². The van der Waals surface area contributed by atoms with E-state index in [2.05, 4.69) is 86.7 Å². The highest BCUT2D eigenvalue weighted by Crippen LogP contribution is 2.38. The maximum atomic E-state index is 14.3. The predicted octanol–water partition coefficient (Wildman–Crippen LogP) is 10.0. The van der Waals surface area contributed by atoms with Gasteiger partial charge in [0.2, 0.25) is 0 Å². The van der Waals surface area contributed by atoms with E-state index in [1.807, 2.05) is 41.0 Å². The molecular formula is C39H35FN4O. The molecule has 0 aliphatic carbocycles. The molecule has 3 heterocycles. The van der Waals surface area contributed by atoms with Crippen LogP contribution in [0.15, 0.2) is 97.2 Å². The van der Waals surface area contributed by atoms with Gasteiger partial charge in [-0.1, -0.05) is 50.2 Å². The largest absolute Gasteiger partial charge is 0.457 e. The summed E-state index contributed by atoms with van der Waals surface area (Å²) >= 11 is 0. The molecule has 0 amide bonds. The van der Waals surface area contributed by atoms with Crippen LogP contribution in [0.3, 0.4) is 0 Å². The molecular weight excluding hydrogens is 559 g/mol. The van der Waals surface area contributed by atoms with Crippen molar-refractivity contribution in [3.05, 3.63) is 131 Å². The first-order valence-electron chi connectivity index (χ1n) is 15.5. The Balaban J connectivity index is 1.33. The summed E-state index contributed by atoms with van der Waals surface area (Å²) in [6, 6.07) is 29.7. The second-order valence-corrected chi connectivity index (χ2v) is 11.6. The van der Waals surface area contributed by atoms with Gasteiger partial charge in [0.1, 0.15) is 23.1 Å². The SMILES string of the molecule is CCc1nn(-c2cc(C)cc(Oc3ccc4c5ccccc5n(-c5cc(F)ccn5)c4c3)c2)c(CC)c1-c1c(C)cccc1C. The molecule has 3 aromatic heterocycles. The number of rotatable bonds is 7. The zero-order valence-corrected chi connectivity index (χ0v) is 26.2. The summed E-state index contributed by atoms with van der Waals surface area (Å²) in [4.78, 5) is 4.49. The van der Waals surface area contributed by atoms with Crippen LogP contribution in [0.1, 0.15) is 41.9 Å². The second kappa shape index (κ2) is 11.4. The lowest BCUT2D eigenvalue weighted by atomic mass is 9.92. The van der Waals surface area contributed by atoms with Crippen molar-refractivity contribution in [1.82, 2.24) is 19.3 Å². The molecule has 224 valence electrons. The number of ether oxygens (including phenoxy) is 1. The molecule has 0 saturated carbocycles. The Morgan fingerprint density at radius 3 is 2.24 bits per heavy atom. The first-order valence-corrected chi connectivity index (χ1v) is 15.5. The number of hydrogen-bond donors (Lipinski definition) is 0. The molecule has 5 nitrogen and oxygen atoms in total. The average Bonchev–Trinajstić information content (AvgIpc) is 3.56. The van der Waals surface area contributed by atoms with E-state index in [4.69, 9.17) is 9.84 Å². The van der Waals surface area contributed by atoms with Gasteiger partial charge in [-0.05, 0) is 92.3 Å². The van der Waals surface area contributed by atoms with Gasteiger partial charge in [-0.3, -0.25) is 4.57 Å². The maximum absolute atomic E-state index is 14.3. The Morgan fingerprint density at radius 2 is 1.49 bits per heavy atom. The molecule has 45 heavy (non-hydrogen) atoms. The summed E-state index contributed by atoms with van der Waals surface area (Å²) in [6.45, 7) is 10.8. The number of aromatic nitrogens is 4. The minimum absolute atomic E-state index is 0.331. The average molecular weight is 595 g/mol. The fraction of sp³-hybridized carbons (Fsp3) is 0.179. The zero-order chi connectivity index (χ0) is 31.2. The van der Waals surface area contributed by atoms with E-state index >= 15 is 0 Å². The van der Waals surface area contributed by atoms with Crippen molar-refractivity contribution in [3.63, 3.8) is 0 Å². The molecule has 7 rings (SSSR count). The lowest BCUT2D eigenvalue weighted by Gasteiger charge is -2.14. The Morgan fingerprint density at radius 1 is 0.711 bits per heavy atom. The van der Waals surface area contributed by atoms with E-state index in [0.29, 0.717) is 11.6 Å². The molecule has 0 aliphatic heterocycles. The van der Waals surface area contributed by atoms with E-state index in [-0.39, 0.29) is 5.82 Å². The lowest BCUT2D eigenvalue weighted by Crippen LogP contribution is -2.03. The predicted molar refractivity (Wildman–Crippen MR) is 181 cm³/mol. The highest BCUT2D eigenvalue weighted by molar-refractivity contribution is 6.09. The number of para-hydroxylation sites is 1. The smallest absolute Gasteiger partial charge is 0.140 e. The number of halogens is 1. The molecule has 0 aliphatic rings. The van der Waals surface area contributed by atoms with Crippen molar-refractivity contribution in [2.45, 2.75) is 47.5 Å². The van der Waals surface area contributed by atoms with Crippen LogP contribution < -0.4 is 4.74 Å². The summed E-state index contributed by atoms with van der Waals surface area (Å²) in [7, 11) is 0. The van der Waals surface area contributed by atoms with Crippen LogP contribution in [-0.4, -0.2) is 19.3 Å². The van der Waals surface area contributed by atoms with Gasteiger partial charge < -0.3 is 4.74 Å². The fourth-order valence-electron chi connectivity index (χ4n) is 6.61. The molecule has 0 bridgehead atoms. The van der Waals surface area contributed by atoms with E-state index in [0.717, 1.165) is 57.3 Å². The molecule has 7 aromatic rings. The first-order chi connectivity index (χ1) is 21.9. The molecule has 0 unspecified atom stereocenters. The monoisotopic (exact) mass is 594 g/mol. The van der Waals surface area contributed by atoms with Crippen molar-refractivity contribution >= 4 is 21.8 Å². The Hall–Kier alpha value is -5.23. The summed E-state index contributed by atoms with van der Waals surface area (Å²) in [5.41, 5.74) is 11.2. The van der Waals surface area contributed by atoms with Crippen molar-refractivity contribution in [1.29, 1.82) is 0 Å². The highest BCUT2D eigenvalue weighted by Gasteiger charge is 2.22. The van der Waals surface area contributed by atoms with Gasteiger partial charge in [-0.25, -0.2) is 14.1 Å². The number of aryl methyl sites for hydroxylation is 4. The molecule has 0 N–H and O–H groups in total. The quantitative estimate of drug-likeness (QED) is 0.184. The van der Waals surface area contributed by atoms with Crippen molar-refractivity contribution in [2.75, 3.05) is 0 Å². The minimum atomic E-state index is -0.331. The van der Waals surface area contributed by atoms with E-state index in [1.54, 1.807) is 0 Å². The van der Waals surface area contributed by atoms with Gasteiger partial charge >= 0.3 is 0 Å². The summed E-state index contributed by atoms with van der Waals surface area (Å²) in [5.74, 6) is 1.59. The zero-order valence-electron chi connectivity index (χ0n) is 26.2. The van der Waals surface area contributed by atoms with Crippen LogP contribution in [0, 0.1) is 26.6 Å².